The number of fused-ring (bicyclic) bond motifs is 1. The smallest absolute Gasteiger partial charge is 0.133 e. The maximum atomic E-state index is 11.4. The summed E-state index contributed by atoms with van der Waals surface area (Å²) in [7, 11) is 0. The van der Waals surface area contributed by atoms with E-state index in [9.17, 15) is 4.79 Å². The van der Waals surface area contributed by atoms with Crippen LogP contribution in [0.4, 0.5) is 0 Å². The van der Waals surface area contributed by atoms with Crippen molar-refractivity contribution in [1.82, 2.24) is 0 Å². The van der Waals surface area contributed by atoms with Gasteiger partial charge in [0.1, 0.15) is 5.78 Å². The summed E-state index contributed by atoms with van der Waals surface area (Å²) in [5.74, 6) is 2.84. The molecule has 2 rings (SSSR count). The lowest BCUT2D eigenvalue weighted by Crippen LogP contribution is -2.08. The zero-order valence-electron chi connectivity index (χ0n) is 7.88. The fourth-order valence-electron chi connectivity index (χ4n) is 3.06. The molecule has 1 heteroatoms. The van der Waals surface area contributed by atoms with Crippen LogP contribution >= 0.6 is 0 Å². The third-order valence-corrected chi connectivity index (χ3v) is 3.59. The van der Waals surface area contributed by atoms with Crippen molar-refractivity contribution in [3.8, 4) is 0 Å². The second kappa shape index (κ2) is 3.20. The molecule has 2 aliphatic rings. The first kappa shape index (κ1) is 8.28. The Balaban J connectivity index is 2.07. The number of rotatable bonds is 0. The molecular weight excluding hydrogens is 148 g/mol. The molecule has 68 valence electrons. The highest BCUT2D eigenvalue weighted by Crippen LogP contribution is 2.41. The number of hydrogen-bond donors (Lipinski definition) is 0. The van der Waals surface area contributed by atoms with Crippen LogP contribution in [0.15, 0.2) is 0 Å². The fraction of sp³-hybridized carbons (Fsp3) is 0.909. The van der Waals surface area contributed by atoms with Gasteiger partial charge in [0.2, 0.25) is 0 Å². The SMILES string of the molecule is CC1CC(=O)C[C@H]2CCC[C@@H]2C1. The molecule has 0 N–H and O–H groups in total. The van der Waals surface area contributed by atoms with Crippen molar-refractivity contribution >= 4 is 5.78 Å². The normalized spacial score (nSPS) is 42.4. The number of hydrogen-bond acceptors (Lipinski definition) is 1. The van der Waals surface area contributed by atoms with Gasteiger partial charge in [0.25, 0.3) is 0 Å². The summed E-state index contributed by atoms with van der Waals surface area (Å²) >= 11 is 0. The van der Waals surface area contributed by atoms with Gasteiger partial charge in [-0.25, -0.2) is 0 Å². The Labute approximate surface area is 74.5 Å². The molecule has 1 nitrogen and oxygen atoms in total. The lowest BCUT2D eigenvalue weighted by atomic mass is 9.89. The van der Waals surface area contributed by atoms with Gasteiger partial charge in [0, 0.05) is 12.8 Å². The van der Waals surface area contributed by atoms with Crippen LogP contribution < -0.4 is 0 Å². The van der Waals surface area contributed by atoms with Crippen LogP contribution in [0.1, 0.15) is 45.4 Å². The number of carbonyl (C=O) groups is 1. The van der Waals surface area contributed by atoms with E-state index in [0.717, 1.165) is 24.7 Å². The zero-order valence-corrected chi connectivity index (χ0v) is 7.88. The van der Waals surface area contributed by atoms with Gasteiger partial charge >= 0.3 is 0 Å². The van der Waals surface area contributed by atoms with Gasteiger partial charge in [-0.2, -0.15) is 0 Å². The largest absolute Gasteiger partial charge is 0.300 e. The van der Waals surface area contributed by atoms with Crippen LogP contribution in [0.5, 0.6) is 0 Å². The summed E-state index contributed by atoms with van der Waals surface area (Å²) in [6, 6.07) is 0. The first-order valence-corrected chi connectivity index (χ1v) is 5.27. The number of ketones is 1. The Hall–Kier alpha value is -0.330. The van der Waals surface area contributed by atoms with Crippen molar-refractivity contribution in [3.63, 3.8) is 0 Å². The monoisotopic (exact) mass is 166 g/mol. The van der Waals surface area contributed by atoms with E-state index >= 15 is 0 Å². The minimum absolute atomic E-state index is 0.525. The molecule has 0 heterocycles. The molecule has 0 aliphatic heterocycles. The molecule has 0 saturated heterocycles. The Bertz CT molecular complexity index is 185. The Kier molecular flexibility index (Phi) is 2.20. The van der Waals surface area contributed by atoms with Crippen LogP contribution in [-0.2, 0) is 4.79 Å². The average Bonchev–Trinajstić information content (AvgIpc) is 2.31. The molecule has 0 bridgehead atoms. The maximum Gasteiger partial charge on any atom is 0.133 e. The third kappa shape index (κ3) is 1.55. The lowest BCUT2D eigenvalue weighted by Gasteiger charge is -2.16. The maximum absolute atomic E-state index is 11.4. The Morgan fingerprint density at radius 1 is 1.17 bits per heavy atom. The molecular formula is C11H18O. The molecule has 1 unspecified atom stereocenters. The minimum Gasteiger partial charge on any atom is -0.300 e. The van der Waals surface area contributed by atoms with E-state index < -0.39 is 0 Å². The highest BCUT2D eigenvalue weighted by molar-refractivity contribution is 5.79. The molecule has 0 aromatic rings. The summed E-state index contributed by atoms with van der Waals surface area (Å²) in [4.78, 5) is 11.4. The number of Topliss-reactive ketones (excluding diaryl/α,β-unsaturated/α-hetero) is 1. The van der Waals surface area contributed by atoms with Crippen molar-refractivity contribution in [2.75, 3.05) is 0 Å². The average molecular weight is 166 g/mol. The van der Waals surface area contributed by atoms with Gasteiger partial charge < -0.3 is 0 Å². The second-order valence-corrected chi connectivity index (χ2v) is 4.74. The molecule has 2 saturated carbocycles. The van der Waals surface area contributed by atoms with Gasteiger partial charge in [-0.1, -0.05) is 19.8 Å². The molecule has 0 spiro atoms. The van der Waals surface area contributed by atoms with Crippen LogP contribution in [0.25, 0.3) is 0 Å². The topological polar surface area (TPSA) is 17.1 Å². The van der Waals surface area contributed by atoms with E-state index in [-0.39, 0.29) is 0 Å². The predicted octanol–water partition coefficient (Wildman–Crippen LogP) is 2.79. The molecule has 3 atom stereocenters. The van der Waals surface area contributed by atoms with Crippen LogP contribution in [0.2, 0.25) is 0 Å². The first-order chi connectivity index (χ1) is 5.75. The van der Waals surface area contributed by atoms with Crippen LogP contribution in [0, 0.1) is 17.8 Å². The van der Waals surface area contributed by atoms with E-state index in [2.05, 4.69) is 6.92 Å². The van der Waals surface area contributed by atoms with E-state index in [1.807, 2.05) is 0 Å². The second-order valence-electron chi connectivity index (χ2n) is 4.74. The molecule has 2 aliphatic carbocycles. The van der Waals surface area contributed by atoms with Gasteiger partial charge in [-0.15, -0.1) is 0 Å². The minimum atomic E-state index is 0.525. The van der Waals surface area contributed by atoms with Crippen molar-refractivity contribution < 1.29 is 4.79 Å². The van der Waals surface area contributed by atoms with Crippen molar-refractivity contribution in [2.24, 2.45) is 17.8 Å². The fourth-order valence-corrected chi connectivity index (χ4v) is 3.06. The van der Waals surface area contributed by atoms with Gasteiger partial charge in [-0.3, -0.25) is 4.79 Å². The van der Waals surface area contributed by atoms with Gasteiger partial charge in [0.15, 0.2) is 0 Å². The van der Waals surface area contributed by atoms with E-state index in [1.54, 1.807) is 0 Å². The van der Waals surface area contributed by atoms with Gasteiger partial charge in [-0.05, 0) is 30.6 Å². The third-order valence-electron chi connectivity index (χ3n) is 3.59. The van der Waals surface area contributed by atoms with Crippen LogP contribution in [0.3, 0.4) is 0 Å². The van der Waals surface area contributed by atoms with Crippen molar-refractivity contribution in [2.45, 2.75) is 45.4 Å². The predicted molar refractivity (Wildman–Crippen MR) is 48.9 cm³/mol. The standard InChI is InChI=1S/C11H18O/c1-8-5-9-3-2-4-10(9)7-11(12)6-8/h8-10H,2-7H2,1H3/t8?,9-,10-/m1/s1. The molecule has 0 radical (unpaired) electrons. The summed E-state index contributed by atoms with van der Waals surface area (Å²) in [5, 5.41) is 0. The first-order valence-electron chi connectivity index (χ1n) is 5.27. The van der Waals surface area contributed by atoms with E-state index in [1.165, 1.54) is 25.7 Å². The van der Waals surface area contributed by atoms with Crippen LogP contribution in [-0.4, -0.2) is 5.78 Å². The number of carbonyl (C=O) groups excluding carboxylic acids is 1. The zero-order chi connectivity index (χ0) is 8.55. The summed E-state index contributed by atoms with van der Waals surface area (Å²) in [6.07, 6.45) is 7.15. The summed E-state index contributed by atoms with van der Waals surface area (Å²) in [6.45, 7) is 2.23. The Morgan fingerprint density at radius 2 is 1.92 bits per heavy atom. The molecule has 12 heavy (non-hydrogen) atoms. The Morgan fingerprint density at radius 3 is 2.75 bits per heavy atom. The van der Waals surface area contributed by atoms with E-state index in [4.69, 9.17) is 0 Å². The highest BCUT2D eigenvalue weighted by Gasteiger charge is 2.33. The molecule has 0 amide bonds. The summed E-state index contributed by atoms with van der Waals surface area (Å²) in [5.41, 5.74) is 0. The van der Waals surface area contributed by atoms with Crippen molar-refractivity contribution in [3.05, 3.63) is 0 Å². The summed E-state index contributed by atoms with van der Waals surface area (Å²) < 4.78 is 0. The van der Waals surface area contributed by atoms with E-state index in [0.29, 0.717) is 11.7 Å². The van der Waals surface area contributed by atoms with Crippen molar-refractivity contribution in [1.29, 1.82) is 0 Å². The molecule has 0 aromatic heterocycles. The van der Waals surface area contributed by atoms with Gasteiger partial charge in [0.05, 0.1) is 0 Å². The molecule has 0 aromatic carbocycles. The molecule has 2 fully saturated rings. The lowest BCUT2D eigenvalue weighted by molar-refractivity contribution is -0.120. The highest BCUT2D eigenvalue weighted by atomic mass is 16.1. The quantitative estimate of drug-likeness (QED) is 0.541.